The zero-order valence-electron chi connectivity index (χ0n) is 12.7. The van der Waals surface area contributed by atoms with Gasteiger partial charge >= 0.3 is 0 Å². The molecule has 0 spiro atoms. The highest BCUT2D eigenvalue weighted by Crippen LogP contribution is 2.14. The molecule has 1 N–H and O–H groups in total. The normalized spacial score (nSPS) is 11.4. The third-order valence-corrected chi connectivity index (χ3v) is 4.85. The standard InChI is InChI=1S/C15H14N4O4S/c1-11-2-4-13(5-3-11)24(21,22)19-8-6-14(17-19)15(20)16-10-12-7-9-23-18-12/h2-9H,10H2,1H3,(H,16,20). The van der Waals surface area contributed by atoms with E-state index in [0.29, 0.717) is 5.69 Å². The Morgan fingerprint density at radius 1 is 1.21 bits per heavy atom. The summed E-state index contributed by atoms with van der Waals surface area (Å²) in [6, 6.07) is 9.34. The molecule has 0 saturated heterocycles. The van der Waals surface area contributed by atoms with Gasteiger partial charge in [0.05, 0.1) is 11.4 Å². The summed E-state index contributed by atoms with van der Waals surface area (Å²) in [5.74, 6) is -0.504. The van der Waals surface area contributed by atoms with Crippen molar-refractivity contribution in [3.05, 3.63) is 65.8 Å². The lowest BCUT2D eigenvalue weighted by atomic mass is 10.2. The molecule has 3 rings (SSSR count). The highest BCUT2D eigenvalue weighted by atomic mass is 32.2. The summed E-state index contributed by atoms with van der Waals surface area (Å²) >= 11 is 0. The van der Waals surface area contributed by atoms with Gasteiger partial charge in [0.25, 0.3) is 15.9 Å². The summed E-state index contributed by atoms with van der Waals surface area (Å²) in [5.41, 5.74) is 1.49. The van der Waals surface area contributed by atoms with Gasteiger partial charge in [0.2, 0.25) is 0 Å². The van der Waals surface area contributed by atoms with E-state index in [4.69, 9.17) is 0 Å². The molecule has 2 heterocycles. The Bertz CT molecular complexity index is 944. The number of hydrogen-bond acceptors (Lipinski definition) is 6. The molecule has 0 aliphatic carbocycles. The minimum Gasteiger partial charge on any atom is -0.364 e. The number of carbonyl (C=O) groups is 1. The summed E-state index contributed by atoms with van der Waals surface area (Å²) in [4.78, 5) is 12.1. The highest BCUT2D eigenvalue weighted by Gasteiger charge is 2.20. The van der Waals surface area contributed by atoms with E-state index in [0.717, 1.165) is 9.65 Å². The first-order valence-electron chi connectivity index (χ1n) is 7.02. The number of benzene rings is 1. The lowest BCUT2D eigenvalue weighted by Crippen LogP contribution is -2.24. The van der Waals surface area contributed by atoms with Crippen molar-refractivity contribution in [3.63, 3.8) is 0 Å². The summed E-state index contributed by atoms with van der Waals surface area (Å²) in [6.45, 7) is 2.02. The van der Waals surface area contributed by atoms with Gasteiger partial charge < -0.3 is 9.84 Å². The van der Waals surface area contributed by atoms with E-state index in [1.807, 2.05) is 6.92 Å². The monoisotopic (exact) mass is 346 g/mol. The smallest absolute Gasteiger partial charge is 0.282 e. The van der Waals surface area contributed by atoms with Crippen molar-refractivity contribution in [3.8, 4) is 0 Å². The average Bonchev–Trinajstić information content (AvgIpc) is 3.25. The third-order valence-electron chi connectivity index (χ3n) is 3.29. The fourth-order valence-electron chi connectivity index (χ4n) is 1.97. The first kappa shape index (κ1) is 15.9. The molecule has 8 nitrogen and oxygen atoms in total. The van der Waals surface area contributed by atoms with Gasteiger partial charge in [-0.3, -0.25) is 4.79 Å². The summed E-state index contributed by atoms with van der Waals surface area (Å²) in [5, 5.41) is 10.1. The van der Waals surface area contributed by atoms with Crippen molar-refractivity contribution >= 4 is 15.9 Å². The van der Waals surface area contributed by atoms with E-state index >= 15 is 0 Å². The number of rotatable bonds is 5. The van der Waals surface area contributed by atoms with Crippen LogP contribution >= 0.6 is 0 Å². The van der Waals surface area contributed by atoms with E-state index in [2.05, 4.69) is 20.1 Å². The average molecular weight is 346 g/mol. The molecule has 3 aromatic rings. The van der Waals surface area contributed by atoms with Crippen molar-refractivity contribution in [2.45, 2.75) is 18.4 Å². The predicted molar refractivity (Wildman–Crippen MR) is 83.7 cm³/mol. The molecule has 0 radical (unpaired) electrons. The van der Waals surface area contributed by atoms with Gasteiger partial charge in [-0.05, 0) is 25.1 Å². The van der Waals surface area contributed by atoms with Crippen LogP contribution in [0.2, 0.25) is 0 Å². The Labute approximate surface area is 138 Å². The molecule has 0 unspecified atom stereocenters. The number of carbonyl (C=O) groups excluding carboxylic acids is 1. The molecular formula is C15H14N4O4S. The SMILES string of the molecule is Cc1ccc(S(=O)(=O)n2ccc(C(=O)NCc3ccon3)n2)cc1. The van der Waals surface area contributed by atoms with Crippen LogP contribution in [0.1, 0.15) is 21.7 Å². The fraction of sp³-hybridized carbons (Fsp3) is 0.133. The van der Waals surface area contributed by atoms with Gasteiger partial charge in [-0.15, -0.1) is 0 Å². The maximum Gasteiger partial charge on any atom is 0.282 e. The van der Waals surface area contributed by atoms with E-state index < -0.39 is 15.9 Å². The van der Waals surface area contributed by atoms with E-state index in [1.54, 1.807) is 18.2 Å². The number of aromatic nitrogens is 3. The zero-order valence-corrected chi connectivity index (χ0v) is 13.5. The Balaban J connectivity index is 1.77. The van der Waals surface area contributed by atoms with E-state index in [-0.39, 0.29) is 17.1 Å². The van der Waals surface area contributed by atoms with Crippen molar-refractivity contribution in [1.29, 1.82) is 0 Å². The van der Waals surface area contributed by atoms with E-state index in [1.165, 1.54) is 30.7 Å². The highest BCUT2D eigenvalue weighted by molar-refractivity contribution is 7.89. The second-order valence-electron chi connectivity index (χ2n) is 5.07. The molecule has 0 aliphatic rings. The molecule has 124 valence electrons. The van der Waals surface area contributed by atoms with Crippen LogP contribution < -0.4 is 5.32 Å². The van der Waals surface area contributed by atoms with Crippen molar-refractivity contribution in [2.24, 2.45) is 0 Å². The Morgan fingerprint density at radius 2 is 1.96 bits per heavy atom. The van der Waals surface area contributed by atoms with Crippen LogP contribution in [0.15, 0.2) is 58.3 Å². The largest absolute Gasteiger partial charge is 0.364 e. The summed E-state index contributed by atoms with van der Waals surface area (Å²) in [6.07, 6.45) is 2.63. The number of hydrogen-bond donors (Lipinski definition) is 1. The molecule has 0 saturated carbocycles. The molecule has 1 aromatic carbocycles. The quantitative estimate of drug-likeness (QED) is 0.747. The third kappa shape index (κ3) is 3.20. The first-order chi connectivity index (χ1) is 11.5. The molecule has 24 heavy (non-hydrogen) atoms. The number of nitrogens with one attached hydrogen (secondary N) is 1. The molecule has 9 heteroatoms. The Kier molecular flexibility index (Phi) is 4.17. The molecule has 0 fully saturated rings. The van der Waals surface area contributed by atoms with Crippen LogP contribution in [0.4, 0.5) is 0 Å². The first-order valence-corrected chi connectivity index (χ1v) is 8.46. The number of amides is 1. The van der Waals surface area contributed by atoms with Crippen LogP contribution in [-0.4, -0.2) is 28.7 Å². The van der Waals surface area contributed by atoms with Gasteiger partial charge in [0.15, 0.2) is 5.69 Å². The summed E-state index contributed by atoms with van der Waals surface area (Å²) < 4.78 is 30.4. The van der Waals surface area contributed by atoms with Crippen LogP contribution in [0, 0.1) is 6.92 Å². The number of nitrogens with zero attached hydrogens (tertiary/aromatic N) is 3. The lowest BCUT2D eigenvalue weighted by Gasteiger charge is -2.04. The minimum atomic E-state index is -3.83. The molecule has 2 aromatic heterocycles. The lowest BCUT2D eigenvalue weighted by molar-refractivity contribution is 0.0945. The second-order valence-corrected chi connectivity index (χ2v) is 6.86. The van der Waals surface area contributed by atoms with Crippen LogP contribution in [0.25, 0.3) is 0 Å². The zero-order chi connectivity index (χ0) is 17.2. The maximum absolute atomic E-state index is 12.5. The van der Waals surface area contributed by atoms with Crippen LogP contribution in [0.5, 0.6) is 0 Å². The molecule has 0 atom stereocenters. The molecule has 1 amide bonds. The van der Waals surface area contributed by atoms with Crippen LogP contribution in [0.3, 0.4) is 0 Å². The maximum atomic E-state index is 12.5. The van der Waals surface area contributed by atoms with E-state index in [9.17, 15) is 13.2 Å². The molecule has 0 bridgehead atoms. The van der Waals surface area contributed by atoms with Crippen LogP contribution in [-0.2, 0) is 16.6 Å². The van der Waals surface area contributed by atoms with Gasteiger partial charge in [-0.2, -0.15) is 17.6 Å². The Morgan fingerprint density at radius 3 is 2.62 bits per heavy atom. The molecular weight excluding hydrogens is 332 g/mol. The minimum absolute atomic E-state index is 0.00539. The van der Waals surface area contributed by atoms with Crippen molar-refractivity contribution in [1.82, 2.24) is 19.7 Å². The summed E-state index contributed by atoms with van der Waals surface area (Å²) in [7, 11) is -3.83. The topological polar surface area (TPSA) is 107 Å². The van der Waals surface area contributed by atoms with Gasteiger partial charge in [0.1, 0.15) is 12.0 Å². The van der Waals surface area contributed by atoms with Gasteiger partial charge in [-0.25, -0.2) is 0 Å². The van der Waals surface area contributed by atoms with Crippen molar-refractivity contribution < 1.29 is 17.7 Å². The van der Waals surface area contributed by atoms with Gasteiger partial charge in [0, 0.05) is 12.3 Å². The Hall–Kier alpha value is -2.94. The van der Waals surface area contributed by atoms with Gasteiger partial charge in [-0.1, -0.05) is 22.9 Å². The van der Waals surface area contributed by atoms with Crippen molar-refractivity contribution in [2.75, 3.05) is 0 Å². The molecule has 0 aliphatic heterocycles. The predicted octanol–water partition coefficient (Wildman–Crippen LogP) is 1.35. The number of aryl methyl sites for hydroxylation is 1. The fourth-order valence-corrected chi connectivity index (χ4v) is 3.08. The second kappa shape index (κ2) is 6.28.